The van der Waals surface area contributed by atoms with Crippen LogP contribution in [-0.2, 0) is 16.0 Å². The van der Waals surface area contributed by atoms with Gasteiger partial charge in [0.15, 0.2) is 11.5 Å². The second-order valence-electron chi connectivity index (χ2n) is 4.94. The maximum absolute atomic E-state index is 11.5. The lowest BCUT2D eigenvalue weighted by Gasteiger charge is -2.18. The van der Waals surface area contributed by atoms with Gasteiger partial charge in [-0.2, -0.15) is 0 Å². The number of nitrogens with one attached hydrogen (secondary N) is 1. The van der Waals surface area contributed by atoms with E-state index in [1.807, 2.05) is 32.0 Å². The lowest BCUT2D eigenvalue weighted by molar-refractivity contribution is -0.127. The van der Waals surface area contributed by atoms with E-state index < -0.39 is 0 Å². The van der Waals surface area contributed by atoms with Gasteiger partial charge >= 0.3 is 0 Å². The molecule has 1 aromatic rings. The summed E-state index contributed by atoms with van der Waals surface area (Å²) in [5.41, 5.74) is 1.11. The number of rotatable bonds is 6. The van der Waals surface area contributed by atoms with Gasteiger partial charge in [0.25, 0.3) is 0 Å². The Bertz CT molecular complexity index is 459. The van der Waals surface area contributed by atoms with Crippen LogP contribution in [0.15, 0.2) is 18.2 Å². The molecule has 0 bridgehead atoms. The Morgan fingerprint density at radius 3 is 2.80 bits per heavy atom. The second-order valence-corrected chi connectivity index (χ2v) is 4.94. The van der Waals surface area contributed by atoms with E-state index in [1.165, 1.54) is 0 Å². The minimum atomic E-state index is -0.0868. The fourth-order valence-corrected chi connectivity index (χ4v) is 1.88. The van der Waals surface area contributed by atoms with Gasteiger partial charge in [0.1, 0.15) is 19.8 Å². The maximum Gasteiger partial charge on any atom is 0.246 e. The largest absolute Gasteiger partial charge is 0.486 e. The molecule has 0 radical (unpaired) electrons. The molecule has 1 amide bonds. The maximum atomic E-state index is 11.5. The van der Waals surface area contributed by atoms with E-state index in [0.717, 1.165) is 23.5 Å². The lowest BCUT2D eigenvalue weighted by Crippen LogP contribution is -2.30. The highest BCUT2D eigenvalue weighted by atomic mass is 16.6. The molecule has 1 N–H and O–H groups in total. The van der Waals surface area contributed by atoms with Crippen molar-refractivity contribution in [2.45, 2.75) is 26.4 Å². The second kappa shape index (κ2) is 7.14. The summed E-state index contributed by atoms with van der Waals surface area (Å²) in [6.07, 6.45) is 0.822. The number of benzene rings is 1. The first kappa shape index (κ1) is 14.7. The number of fused-ring (bicyclic) bond motifs is 1. The molecular weight excluding hydrogens is 258 g/mol. The summed E-state index contributed by atoms with van der Waals surface area (Å²) in [7, 11) is 0. The third-order valence-corrected chi connectivity index (χ3v) is 2.89. The summed E-state index contributed by atoms with van der Waals surface area (Å²) in [5.74, 6) is 1.48. The Morgan fingerprint density at radius 1 is 1.30 bits per heavy atom. The molecule has 1 aliphatic rings. The van der Waals surface area contributed by atoms with Gasteiger partial charge in [-0.25, -0.2) is 0 Å². The number of ether oxygens (including phenoxy) is 3. The summed E-state index contributed by atoms with van der Waals surface area (Å²) in [5, 5.41) is 2.83. The zero-order chi connectivity index (χ0) is 14.4. The molecule has 1 aromatic carbocycles. The molecule has 0 saturated heterocycles. The molecule has 5 heteroatoms. The fourth-order valence-electron chi connectivity index (χ4n) is 1.88. The van der Waals surface area contributed by atoms with Gasteiger partial charge in [0.2, 0.25) is 5.91 Å². The highest BCUT2D eigenvalue weighted by Gasteiger charge is 2.11. The van der Waals surface area contributed by atoms with Crippen molar-refractivity contribution in [2.75, 3.05) is 26.4 Å². The standard InChI is InChI=1S/C15H21NO4/c1-11(2)20-10-15(17)16-6-5-12-3-4-13-14(9-12)19-8-7-18-13/h3-4,9,11H,5-8,10H2,1-2H3,(H,16,17). The minimum absolute atomic E-state index is 0.0681. The van der Waals surface area contributed by atoms with Crippen LogP contribution in [0.4, 0.5) is 0 Å². The average molecular weight is 279 g/mol. The Morgan fingerprint density at radius 2 is 2.05 bits per heavy atom. The average Bonchev–Trinajstić information content (AvgIpc) is 2.45. The van der Waals surface area contributed by atoms with Crippen LogP contribution in [0.3, 0.4) is 0 Å². The fraction of sp³-hybridized carbons (Fsp3) is 0.533. The predicted octanol–water partition coefficient (Wildman–Crippen LogP) is 1.54. The highest BCUT2D eigenvalue weighted by molar-refractivity contribution is 5.77. The summed E-state index contributed by atoms with van der Waals surface area (Å²) in [6, 6.07) is 5.86. The van der Waals surface area contributed by atoms with Crippen molar-refractivity contribution in [2.24, 2.45) is 0 Å². The molecule has 0 aliphatic carbocycles. The first-order chi connectivity index (χ1) is 9.65. The number of hydrogen-bond donors (Lipinski definition) is 1. The zero-order valence-corrected chi connectivity index (χ0v) is 12.0. The van der Waals surface area contributed by atoms with E-state index in [9.17, 15) is 4.79 Å². The van der Waals surface area contributed by atoms with Gasteiger partial charge in [-0.3, -0.25) is 4.79 Å². The summed E-state index contributed by atoms with van der Waals surface area (Å²) >= 11 is 0. The molecule has 5 nitrogen and oxygen atoms in total. The molecule has 0 fully saturated rings. The summed E-state index contributed by atoms with van der Waals surface area (Å²) < 4.78 is 16.2. The van der Waals surface area contributed by atoms with Crippen LogP contribution < -0.4 is 14.8 Å². The molecular formula is C15H21NO4. The van der Waals surface area contributed by atoms with Crippen molar-refractivity contribution in [3.63, 3.8) is 0 Å². The molecule has 1 heterocycles. The van der Waals surface area contributed by atoms with E-state index in [0.29, 0.717) is 19.8 Å². The Labute approximate surface area is 119 Å². The Balaban J connectivity index is 1.75. The summed E-state index contributed by atoms with van der Waals surface area (Å²) in [6.45, 7) is 5.68. The van der Waals surface area contributed by atoms with Crippen LogP contribution >= 0.6 is 0 Å². The van der Waals surface area contributed by atoms with Crippen molar-refractivity contribution in [3.05, 3.63) is 23.8 Å². The molecule has 0 saturated carbocycles. The van der Waals surface area contributed by atoms with Crippen molar-refractivity contribution >= 4 is 5.91 Å². The lowest BCUT2D eigenvalue weighted by atomic mass is 10.1. The highest BCUT2D eigenvalue weighted by Crippen LogP contribution is 2.30. The molecule has 0 atom stereocenters. The molecule has 0 spiro atoms. The quantitative estimate of drug-likeness (QED) is 0.858. The number of amides is 1. The van der Waals surface area contributed by atoms with Gasteiger partial charge in [0.05, 0.1) is 6.10 Å². The van der Waals surface area contributed by atoms with Gasteiger partial charge in [-0.15, -0.1) is 0 Å². The smallest absolute Gasteiger partial charge is 0.246 e. The molecule has 20 heavy (non-hydrogen) atoms. The first-order valence-corrected chi connectivity index (χ1v) is 6.92. The van der Waals surface area contributed by atoms with Crippen LogP contribution in [-0.4, -0.2) is 38.4 Å². The normalized spacial score (nSPS) is 13.3. The molecule has 0 aromatic heterocycles. The van der Waals surface area contributed by atoms with Crippen molar-refractivity contribution in [1.82, 2.24) is 5.32 Å². The molecule has 0 unspecified atom stereocenters. The van der Waals surface area contributed by atoms with E-state index in [-0.39, 0.29) is 18.6 Å². The summed E-state index contributed by atoms with van der Waals surface area (Å²) in [4.78, 5) is 11.5. The van der Waals surface area contributed by atoms with Crippen LogP contribution in [0, 0.1) is 0 Å². The van der Waals surface area contributed by atoms with Crippen LogP contribution in [0.1, 0.15) is 19.4 Å². The molecule has 2 rings (SSSR count). The number of hydrogen-bond acceptors (Lipinski definition) is 4. The van der Waals surface area contributed by atoms with Gasteiger partial charge in [0, 0.05) is 6.54 Å². The SMILES string of the molecule is CC(C)OCC(=O)NCCc1ccc2c(c1)OCCO2. The first-order valence-electron chi connectivity index (χ1n) is 6.92. The van der Waals surface area contributed by atoms with Gasteiger partial charge in [-0.05, 0) is 38.0 Å². The third kappa shape index (κ3) is 4.42. The topological polar surface area (TPSA) is 56.8 Å². The van der Waals surface area contributed by atoms with Crippen LogP contribution in [0.2, 0.25) is 0 Å². The van der Waals surface area contributed by atoms with Crippen LogP contribution in [0.5, 0.6) is 11.5 Å². The van der Waals surface area contributed by atoms with Crippen LogP contribution in [0.25, 0.3) is 0 Å². The van der Waals surface area contributed by atoms with Crippen molar-refractivity contribution < 1.29 is 19.0 Å². The van der Waals surface area contributed by atoms with E-state index in [4.69, 9.17) is 14.2 Å². The predicted molar refractivity (Wildman–Crippen MR) is 75.2 cm³/mol. The number of carbonyl (C=O) groups is 1. The van der Waals surface area contributed by atoms with E-state index >= 15 is 0 Å². The van der Waals surface area contributed by atoms with E-state index in [2.05, 4.69) is 5.32 Å². The van der Waals surface area contributed by atoms with E-state index in [1.54, 1.807) is 0 Å². The van der Waals surface area contributed by atoms with Gasteiger partial charge < -0.3 is 19.5 Å². The van der Waals surface area contributed by atoms with Crippen molar-refractivity contribution in [3.8, 4) is 11.5 Å². The Kier molecular flexibility index (Phi) is 5.24. The third-order valence-electron chi connectivity index (χ3n) is 2.89. The molecule has 110 valence electrons. The number of carbonyl (C=O) groups excluding carboxylic acids is 1. The minimum Gasteiger partial charge on any atom is -0.486 e. The monoisotopic (exact) mass is 279 g/mol. The molecule has 1 aliphatic heterocycles. The zero-order valence-electron chi connectivity index (χ0n) is 12.0. The van der Waals surface area contributed by atoms with Gasteiger partial charge in [-0.1, -0.05) is 6.07 Å². The Hall–Kier alpha value is -1.75. The van der Waals surface area contributed by atoms with Crippen molar-refractivity contribution in [1.29, 1.82) is 0 Å².